The molecule has 0 aliphatic rings. The summed E-state index contributed by atoms with van der Waals surface area (Å²) in [6.45, 7) is 0. The third-order valence-electron chi connectivity index (χ3n) is 3.24. The average molecular weight is 346 g/mol. The van der Waals surface area contributed by atoms with Gasteiger partial charge in [-0.3, -0.25) is 4.79 Å². The number of benzene rings is 2. The van der Waals surface area contributed by atoms with Crippen molar-refractivity contribution in [3.05, 3.63) is 65.3 Å². The van der Waals surface area contributed by atoms with Gasteiger partial charge in [0.25, 0.3) is 0 Å². The second kappa shape index (κ2) is 7.23. The predicted octanol–water partition coefficient (Wildman–Crippen LogP) is 4.10. The number of aryl methyl sites for hydroxylation is 1. The molecule has 3 rings (SSSR count). The Bertz CT molecular complexity index is 849. The summed E-state index contributed by atoms with van der Waals surface area (Å²) in [4.78, 5) is 16.1. The van der Waals surface area contributed by atoms with Crippen LogP contribution >= 0.6 is 11.6 Å². The molecule has 3 aromatic rings. The zero-order valence-electron chi connectivity index (χ0n) is 12.5. The minimum atomic E-state index is -0.405. The van der Waals surface area contributed by atoms with Crippen molar-refractivity contribution in [3.63, 3.8) is 0 Å². The fourth-order valence-electron chi connectivity index (χ4n) is 2.08. The smallest absolute Gasteiger partial charge is 0.227 e. The van der Waals surface area contributed by atoms with E-state index in [-0.39, 0.29) is 12.3 Å². The van der Waals surface area contributed by atoms with Crippen molar-refractivity contribution in [2.24, 2.45) is 0 Å². The molecule has 2 aromatic carbocycles. The minimum absolute atomic E-state index is 0.152. The molecule has 0 bridgehead atoms. The van der Waals surface area contributed by atoms with Gasteiger partial charge < -0.3 is 9.84 Å². The number of hydrogen-bond acceptors (Lipinski definition) is 4. The first-order valence-corrected chi connectivity index (χ1v) is 7.62. The molecule has 122 valence electrons. The second-order valence-corrected chi connectivity index (χ2v) is 5.51. The minimum Gasteiger partial charge on any atom is -0.339 e. The number of carbonyl (C=O) groups is 1. The summed E-state index contributed by atoms with van der Waals surface area (Å²) in [5.41, 5.74) is 1.19. The number of hydrogen-bond donors (Lipinski definition) is 1. The van der Waals surface area contributed by atoms with Crippen LogP contribution < -0.4 is 5.32 Å². The van der Waals surface area contributed by atoms with Gasteiger partial charge in [-0.15, -0.1) is 0 Å². The van der Waals surface area contributed by atoms with E-state index >= 15 is 0 Å². The number of anilines is 1. The van der Waals surface area contributed by atoms with Crippen molar-refractivity contribution in [1.29, 1.82) is 0 Å². The largest absolute Gasteiger partial charge is 0.339 e. The van der Waals surface area contributed by atoms with Crippen LogP contribution in [-0.2, 0) is 11.2 Å². The van der Waals surface area contributed by atoms with Gasteiger partial charge in [0.1, 0.15) is 5.82 Å². The molecule has 7 heteroatoms. The van der Waals surface area contributed by atoms with Gasteiger partial charge in [0.05, 0.1) is 0 Å². The molecule has 0 saturated carbocycles. The maximum absolute atomic E-state index is 13.1. The molecule has 1 aromatic heterocycles. The predicted molar refractivity (Wildman–Crippen MR) is 88.1 cm³/mol. The van der Waals surface area contributed by atoms with Crippen molar-refractivity contribution in [1.82, 2.24) is 10.1 Å². The van der Waals surface area contributed by atoms with E-state index in [2.05, 4.69) is 15.5 Å². The molecule has 1 heterocycles. The Morgan fingerprint density at radius 1 is 1.21 bits per heavy atom. The highest BCUT2D eigenvalue weighted by Gasteiger charge is 2.11. The molecule has 24 heavy (non-hydrogen) atoms. The summed E-state index contributed by atoms with van der Waals surface area (Å²) in [5.74, 6) is 0.130. The van der Waals surface area contributed by atoms with Crippen molar-refractivity contribution in [2.45, 2.75) is 12.8 Å². The van der Waals surface area contributed by atoms with Crippen LogP contribution in [0.2, 0.25) is 5.02 Å². The lowest BCUT2D eigenvalue weighted by molar-refractivity contribution is -0.116. The monoisotopic (exact) mass is 345 g/mol. The molecule has 0 fully saturated rings. The molecule has 0 saturated heterocycles. The molecule has 0 radical (unpaired) electrons. The fraction of sp³-hybridized carbons (Fsp3) is 0.118. The van der Waals surface area contributed by atoms with Gasteiger partial charge in [0.2, 0.25) is 17.6 Å². The first-order valence-electron chi connectivity index (χ1n) is 7.24. The zero-order chi connectivity index (χ0) is 16.9. The van der Waals surface area contributed by atoms with Gasteiger partial charge in [-0.05, 0) is 42.5 Å². The van der Waals surface area contributed by atoms with E-state index < -0.39 is 5.82 Å². The van der Waals surface area contributed by atoms with Crippen molar-refractivity contribution in [3.8, 4) is 11.4 Å². The average Bonchev–Trinajstić information content (AvgIpc) is 3.03. The van der Waals surface area contributed by atoms with E-state index in [0.29, 0.717) is 28.8 Å². The molecule has 0 spiro atoms. The Labute approximate surface area is 142 Å². The van der Waals surface area contributed by atoms with E-state index in [1.54, 1.807) is 30.3 Å². The van der Waals surface area contributed by atoms with Gasteiger partial charge in [-0.2, -0.15) is 4.98 Å². The van der Waals surface area contributed by atoms with Gasteiger partial charge in [-0.1, -0.05) is 22.8 Å². The Hall–Kier alpha value is -2.73. The van der Waals surface area contributed by atoms with Gasteiger partial charge in [-0.25, -0.2) is 4.39 Å². The van der Waals surface area contributed by atoms with Crippen molar-refractivity contribution >= 4 is 23.2 Å². The summed E-state index contributed by atoms with van der Waals surface area (Å²) in [6, 6.07) is 12.8. The van der Waals surface area contributed by atoms with Gasteiger partial charge in [0.15, 0.2) is 0 Å². The van der Waals surface area contributed by atoms with E-state index in [9.17, 15) is 9.18 Å². The van der Waals surface area contributed by atoms with Crippen molar-refractivity contribution < 1.29 is 13.7 Å². The lowest BCUT2D eigenvalue weighted by Gasteiger charge is -2.03. The lowest BCUT2D eigenvalue weighted by atomic mass is 10.2. The molecule has 0 aliphatic carbocycles. The maximum atomic E-state index is 13.1. The summed E-state index contributed by atoms with van der Waals surface area (Å²) in [6.07, 6.45) is 0.445. The molecule has 1 amide bonds. The quantitative estimate of drug-likeness (QED) is 0.756. The highest BCUT2D eigenvalue weighted by atomic mass is 35.5. The molecule has 0 aliphatic heterocycles. The molecule has 5 nitrogen and oxygen atoms in total. The van der Waals surface area contributed by atoms with E-state index in [0.717, 1.165) is 5.56 Å². The Balaban J connectivity index is 1.57. The zero-order valence-corrected chi connectivity index (χ0v) is 13.3. The van der Waals surface area contributed by atoms with Crippen LogP contribution in [0.4, 0.5) is 10.1 Å². The van der Waals surface area contributed by atoms with E-state index in [4.69, 9.17) is 16.1 Å². The van der Waals surface area contributed by atoms with Crippen LogP contribution in [0.3, 0.4) is 0 Å². The number of rotatable bonds is 5. The molecular weight excluding hydrogens is 333 g/mol. The number of carbonyl (C=O) groups excluding carboxylic acids is 1. The Morgan fingerprint density at radius 3 is 2.75 bits per heavy atom. The molecule has 0 atom stereocenters. The highest BCUT2D eigenvalue weighted by Crippen LogP contribution is 2.19. The molecular formula is C17H13ClFN3O2. The SMILES string of the molecule is O=C(CCc1nc(-c2ccc(Cl)cc2)no1)Nc1cccc(F)c1. The van der Waals surface area contributed by atoms with E-state index in [1.165, 1.54) is 18.2 Å². The molecule has 1 N–H and O–H groups in total. The summed E-state index contributed by atoms with van der Waals surface area (Å²) in [5, 5.41) is 7.12. The third kappa shape index (κ3) is 4.17. The topological polar surface area (TPSA) is 68.0 Å². The Kier molecular flexibility index (Phi) is 4.86. The molecule has 0 unspecified atom stereocenters. The van der Waals surface area contributed by atoms with Gasteiger partial charge in [0, 0.05) is 29.1 Å². The van der Waals surface area contributed by atoms with Crippen LogP contribution in [0.5, 0.6) is 0 Å². The number of nitrogens with one attached hydrogen (secondary N) is 1. The standard InChI is InChI=1S/C17H13ClFN3O2/c18-12-6-4-11(5-7-12)17-21-16(24-22-17)9-8-15(23)20-14-3-1-2-13(19)10-14/h1-7,10H,8-9H2,(H,20,23). The first-order chi connectivity index (χ1) is 11.6. The number of aromatic nitrogens is 2. The summed E-state index contributed by atoms with van der Waals surface area (Å²) < 4.78 is 18.2. The van der Waals surface area contributed by atoms with Crippen LogP contribution in [0.1, 0.15) is 12.3 Å². The van der Waals surface area contributed by atoms with Crippen LogP contribution in [0.15, 0.2) is 53.1 Å². The Morgan fingerprint density at radius 2 is 2.00 bits per heavy atom. The lowest BCUT2D eigenvalue weighted by Crippen LogP contribution is -2.12. The maximum Gasteiger partial charge on any atom is 0.227 e. The van der Waals surface area contributed by atoms with Gasteiger partial charge >= 0.3 is 0 Å². The number of halogens is 2. The fourth-order valence-corrected chi connectivity index (χ4v) is 2.21. The van der Waals surface area contributed by atoms with Crippen LogP contribution in [0.25, 0.3) is 11.4 Å². The second-order valence-electron chi connectivity index (χ2n) is 5.08. The summed E-state index contributed by atoms with van der Waals surface area (Å²) in [7, 11) is 0. The third-order valence-corrected chi connectivity index (χ3v) is 3.50. The highest BCUT2D eigenvalue weighted by molar-refractivity contribution is 6.30. The van der Waals surface area contributed by atoms with Crippen LogP contribution in [-0.4, -0.2) is 16.0 Å². The first kappa shape index (κ1) is 16.1. The normalized spacial score (nSPS) is 10.6. The summed E-state index contributed by atoms with van der Waals surface area (Å²) >= 11 is 5.83. The number of nitrogens with zero attached hydrogens (tertiary/aromatic N) is 2. The number of amides is 1. The van der Waals surface area contributed by atoms with Crippen molar-refractivity contribution in [2.75, 3.05) is 5.32 Å². The van der Waals surface area contributed by atoms with E-state index in [1.807, 2.05) is 0 Å². The van der Waals surface area contributed by atoms with Crippen LogP contribution in [0, 0.1) is 5.82 Å².